The van der Waals surface area contributed by atoms with E-state index in [0.717, 1.165) is 6.07 Å². The number of carbonyl (C=O) groups excluding carboxylic acids is 2. The first-order valence-electron chi connectivity index (χ1n) is 5.45. The quantitative estimate of drug-likeness (QED) is 0.565. The number of aliphatic imine (C=N–C) groups is 2. The molecule has 9 heteroatoms. The largest absolute Gasteiger partial charge is 1.00 e. The number of amidine groups is 1. The summed E-state index contributed by atoms with van der Waals surface area (Å²) < 4.78 is 9.93. The van der Waals surface area contributed by atoms with Gasteiger partial charge in [0.05, 0.1) is 18.6 Å². The molecule has 0 saturated carbocycles. The number of ether oxygens (including phenoxy) is 2. The minimum atomic E-state index is -1.63. The fourth-order valence-electron chi connectivity index (χ4n) is 1.52. The van der Waals surface area contributed by atoms with Gasteiger partial charge in [-0.25, -0.2) is 0 Å². The van der Waals surface area contributed by atoms with Crippen molar-refractivity contribution in [2.24, 2.45) is 9.98 Å². The van der Waals surface area contributed by atoms with Gasteiger partial charge in [0.1, 0.15) is 17.9 Å². The van der Waals surface area contributed by atoms with Crippen molar-refractivity contribution in [1.82, 2.24) is 0 Å². The standard InChI is InChI=1S/C12H10N2O6.Na/c1-19-9-5-8(16)13-12(14-9)20-7-4-2-3-6(15)10(7)11(17)18;/h2-4,15H,5H2,1H3,(H,17,18);/q;+1/p-1. The van der Waals surface area contributed by atoms with E-state index in [1.54, 1.807) is 0 Å². The Labute approximate surface area is 141 Å². The molecule has 1 aromatic rings. The molecule has 104 valence electrons. The van der Waals surface area contributed by atoms with Crippen LogP contribution in [0.5, 0.6) is 11.5 Å². The zero-order chi connectivity index (χ0) is 14.7. The Morgan fingerprint density at radius 1 is 1.38 bits per heavy atom. The third kappa shape index (κ3) is 4.03. The Morgan fingerprint density at radius 2 is 2.10 bits per heavy atom. The Kier molecular flexibility index (Phi) is 5.89. The number of phenols is 1. The van der Waals surface area contributed by atoms with E-state index < -0.39 is 23.2 Å². The van der Waals surface area contributed by atoms with E-state index in [-0.39, 0.29) is 53.6 Å². The maximum atomic E-state index is 11.3. The molecule has 0 aliphatic carbocycles. The summed E-state index contributed by atoms with van der Waals surface area (Å²) in [6.07, 6.45) is -0.100. The Balaban J connectivity index is 0.00000220. The molecule has 0 radical (unpaired) electrons. The van der Waals surface area contributed by atoms with Crippen LogP contribution < -0.4 is 39.4 Å². The zero-order valence-electron chi connectivity index (χ0n) is 11.3. The van der Waals surface area contributed by atoms with Crippen LogP contribution in [0, 0.1) is 0 Å². The summed E-state index contributed by atoms with van der Waals surface area (Å²) in [5.74, 6) is -2.84. The second-order valence-corrected chi connectivity index (χ2v) is 3.71. The average Bonchev–Trinajstić information content (AvgIpc) is 2.37. The van der Waals surface area contributed by atoms with Crippen molar-refractivity contribution in [2.75, 3.05) is 7.11 Å². The third-order valence-corrected chi connectivity index (χ3v) is 2.39. The number of hydrogen-bond acceptors (Lipinski definition) is 7. The molecule has 1 aromatic carbocycles. The number of aromatic hydroxyl groups is 1. The van der Waals surface area contributed by atoms with Crippen molar-refractivity contribution in [3.8, 4) is 11.5 Å². The Bertz CT molecular complexity index is 641. The van der Waals surface area contributed by atoms with Gasteiger partial charge < -0.3 is 24.5 Å². The van der Waals surface area contributed by atoms with Crippen LogP contribution in [-0.4, -0.2) is 36.0 Å². The van der Waals surface area contributed by atoms with Crippen LogP contribution in [-0.2, 0) is 9.53 Å². The Morgan fingerprint density at radius 3 is 2.71 bits per heavy atom. The number of nitrogens with zero attached hydrogens (tertiary/aromatic N) is 2. The number of benzene rings is 1. The van der Waals surface area contributed by atoms with Crippen molar-refractivity contribution in [2.45, 2.75) is 6.42 Å². The van der Waals surface area contributed by atoms with Crippen molar-refractivity contribution in [3.63, 3.8) is 0 Å². The molecule has 0 fully saturated rings. The number of hydrogen-bond donors (Lipinski definition) is 1. The molecule has 0 spiro atoms. The number of carbonyl (C=O) groups is 2. The molecule has 1 N–H and O–H groups in total. The SMILES string of the molecule is COC1=NC(Oc2cccc(O)c2C(=O)[O-])=NC(=O)C1.[Na+]. The van der Waals surface area contributed by atoms with Crippen molar-refractivity contribution in [3.05, 3.63) is 23.8 Å². The first-order valence-corrected chi connectivity index (χ1v) is 5.45. The molecule has 8 nitrogen and oxygen atoms in total. The van der Waals surface area contributed by atoms with E-state index in [0.29, 0.717) is 0 Å². The molecule has 1 heterocycles. The molecule has 0 aromatic heterocycles. The van der Waals surface area contributed by atoms with Crippen molar-refractivity contribution < 1.29 is 58.8 Å². The van der Waals surface area contributed by atoms with E-state index in [9.17, 15) is 19.8 Å². The van der Waals surface area contributed by atoms with Gasteiger partial charge in [0, 0.05) is 0 Å². The topological polar surface area (TPSA) is 121 Å². The maximum Gasteiger partial charge on any atom is 1.00 e. The Hall–Kier alpha value is -1.90. The fourth-order valence-corrected chi connectivity index (χ4v) is 1.52. The van der Waals surface area contributed by atoms with E-state index in [2.05, 4.69) is 9.98 Å². The van der Waals surface area contributed by atoms with Crippen molar-refractivity contribution >= 4 is 23.8 Å². The summed E-state index contributed by atoms with van der Waals surface area (Å²) >= 11 is 0. The van der Waals surface area contributed by atoms with Crippen LogP contribution in [0.2, 0.25) is 0 Å². The summed E-state index contributed by atoms with van der Waals surface area (Å²) in [4.78, 5) is 29.5. The van der Waals surface area contributed by atoms with Crippen LogP contribution in [0.3, 0.4) is 0 Å². The molecule has 1 aliphatic rings. The number of aromatic carboxylic acids is 1. The molecule has 0 atom stereocenters. The first kappa shape index (κ1) is 17.2. The summed E-state index contributed by atoms with van der Waals surface area (Å²) in [5, 5.41) is 20.4. The molecular formula is C12H9N2NaO6. The van der Waals surface area contributed by atoms with E-state index >= 15 is 0 Å². The van der Waals surface area contributed by atoms with Crippen LogP contribution >= 0.6 is 0 Å². The maximum absolute atomic E-state index is 11.3. The minimum Gasteiger partial charge on any atom is -0.545 e. The van der Waals surface area contributed by atoms with Crippen molar-refractivity contribution in [1.29, 1.82) is 0 Å². The van der Waals surface area contributed by atoms with Gasteiger partial charge in [-0.2, -0.15) is 9.98 Å². The zero-order valence-corrected chi connectivity index (χ0v) is 13.3. The third-order valence-electron chi connectivity index (χ3n) is 2.39. The van der Waals surface area contributed by atoms with Crippen LogP contribution in [0.4, 0.5) is 0 Å². The molecule has 1 amide bonds. The number of amides is 1. The molecule has 0 saturated heterocycles. The predicted molar refractivity (Wildman–Crippen MR) is 64.6 cm³/mol. The van der Waals surface area contributed by atoms with Crippen LogP contribution in [0.25, 0.3) is 0 Å². The van der Waals surface area contributed by atoms with Gasteiger partial charge in [-0.05, 0) is 12.1 Å². The molecule has 21 heavy (non-hydrogen) atoms. The molecule has 0 unspecified atom stereocenters. The predicted octanol–water partition coefficient (Wildman–Crippen LogP) is -3.53. The minimum absolute atomic E-state index is 0. The van der Waals surface area contributed by atoms with Gasteiger partial charge in [-0.1, -0.05) is 6.07 Å². The van der Waals surface area contributed by atoms with Gasteiger partial charge in [0.25, 0.3) is 5.91 Å². The van der Waals surface area contributed by atoms with Crippen LogP contribution in [0.15, 0.2) is 28.2 Å². The van der Waals surface area contributed by atoms with E-state index in [1.165, 1.54) is 19.2 Å². The molecular weight excluding hydrogens is 291 g/mol. The number of carboxylic acids is 1. The fraction of sp³-hybridized carbons (Fsp3) is 0.167. The second-order valence-electron chi connectivity index (χ2n) is 3.71. The van der Waals surface area contributed by atoms with Gasteiger partial charge in [0.2, 0.25) is 5.90 Å². The summed E-state index contributed by atoms with van der Waals surface area (Å²) in [6.45, 7) is 0. The van der Waals surface area contributed by atoms with E-state index in [1.807, 2.05) is 0 Å². The average molecular weight is 300 g/mol. The number of methoxy groups -OCH3 is 1. The van der Waals surface area contributed by atoms with Gasteiger partial charge in [-0.3, -0.25) is 4.79 Å². The summed E-state index contributed by atoms with van der Waals surface area (Å²) in [7, 11) is 1.33. The monoisotopic (exact) mass is 300 g/mol. The molecule has 0 bridgehead atoms. The molecule has 1 aliphatic heterocycles. The normalized spacial score (nSPS) is 13.7. The summed E-state index contributed by atoms with van der Waals surface area (Å²) in [5.41, 5.74) is -0.553. The van der Waals surface area contributed by atoms with Crippen LogP contribution in [0.1, 0.15) is 16.8 Å². The number of carboxylic acid groups (broad SMARTS) is 1. The summed E-state index contributed by atoms with van der Waals surface area (Å²) in [6, 6.07) is 3.43. The molecule has 2 rings (SSSR count). The van der Waals surface area contributed by atoms with E-state index in [4.69, 9.17) is 9.47 Å². The smallest absolute Gasteiger partial charge is 0.545 e. The van der Waals surface area contributed by atoms with Gasteiger partial charge in [-0.15, -0.1) is 0 Å². The first-order chi connectivity index (χ1) is 9.51. The second kappa shape index (κ2) is 7.21. The number of rotatable bonds is 2. The van der Waals surface area contributed by atoms with Gasteiger partial charge in [0.15, 0.2) is 0 Å². The van der Waals surface area contributed by atoms with Gasteiger partial charge >= 0.3 is 35.6 Å².